The summed E-state index contributed by atoms with van der Waals surface area (Å²) in [6.07, 6.45) is 7.02. The van der Waals surface area contributed by atoms with Crippen LogP contribution < -0.4 is 10.1 Å². The molecule has 1 aromatic heterocycles. The molecule has 1 unspecified atom stereocenters. The average Bonchev–Trinajstić information content (AvgIpc) is 2.79. The van der Waals surface area contributed by atoms with Gasteiger partial charge >= 0.3 is 0 Å². The van der Waals surface area contributed by atoms with Gasteiger partial charge in [-0.2, -0.15) is 0 Å². The van der Waals surface area contributed by atoms with E-state index >= 15 is 0 Å². The summed E-state index contributed by atoms with van der Waals surface area (Å²) in [5, 5.41) is 4.93. The Morgan fingerprint density at radius 3 is 2.57 bits per heavy atom. The lowest BCUT2D eigenvalue weighted by Gasteiger charge is -2.34. The summed E-state index contributed by atoms with van der Waals surface area (Å²) in [5.41, 5.74) is 1.61. The molecule has 0 aliphatic heterocycles. The van der Waals surface area contributed by atoms with E-state index < -0.39 is 0 Å². The van der Waals surface area contributed by atoms with Crippen molar-refractivity contribution in [3.63, 3.8) is 0 Å². The van der Waals surface area contributed by atoms with Crippen molar-refractivity contribution < 1.29 is 9.53 Å². The molecular formula is C25H27ClN2O2. The first-order chi connectivity index (χ1) is 14.6. The number of benzene rings is 2. The molecule has 30 heavy (non-hydrogen) atoms. The zero-order chi connectivity index (χ0) is 20.9. The minimum atomic E-state index is -0.0276. The quantitative estimate of drug-likeness (QED) is 0.527. The van der Waals surface area contributed by atoms with Crippen LogP contribution in [0.3, 0.4) is 0 Å². The summed E-state index contributed by atoms with van der Waals surface area (Å²) in [6.45, 7) is 2.14. The van der Waals surface area contributed by atoms with Crippen LogP contribution in [0.4, 0.5) is 0 Å². The van der Waals surface area contributed by atoms with Gasteiger partial charge in [-0.1, -0.05) is 30.7 Å². The minimum Gasteiger partial charge on any atom is -0.490 e. The van der Waals surface area contributed by atoms with Crippen LogP contribution in [-0.2, 0) is 0 Å². The Kier molecular flexibility index (Phi) is 6.53. The van der Waals surface area contributed by atoms with E-state index in [1.807, 2.05) is 30.5 Å². The SMILES string of the molecule is CCC(NC(=O)c1ccc(Cl)cc1)[C@H]1CC[C@H](Oc2ccnc3ccccc23)CC1. The number of nitrogens with one attached hydrogen (secondary N) is 1. The maximum absolute atomic E-state index is 12.6. The van der Waals surface area contributed by atoms with Crippen molar-refractivity contribution in [2.45, 2.75) is 51.2 Å². The Morgan fingerprint density at radius 1 is 1.10 bits per heavy atom. The Morgan fingerprint density at radius 2 is 1.83 bits per heavy atom. The smallest absolute Gasteiger partial charge is 0.251 e. The maximum atomic E-state index is 12.6. The summed E-state index contributed by atoms with van der Waals surface area (Å²) in [6, 6.07) is 17.3. The molecule has 1 atom stereocenters. The molecular weight excluding hydrogens is 396 g/mol. The third-order valence-electron chi connectivity index (χ3n) is 6.05. The lowest BCUT2D eigenvalue weighted by molar-refractivity contribution is 0.0872. The zero-order valence-electron chi connectivity index (χ0n) is 17.2. The first kappa shape index (κ1) is 20.7. The number of para-hydroxylation sites is 1. The summed E-state index contributed by atoms with van der Waals surface area (Å²) in [4.78, 5) is 17.0. The number of ether oxygens (including phenoxy) is 1. The highest BCUT2D eigenvalue weighted by Crippen LogP contribution is 2.33. The second-order valence-corrected chi connectivity index (χ2v) is 8.41. The first-order valence-electron chi connectivity index (χ1n) is 10.7. The fourth-order valence-corrected chi connectivity index (χ4v) is 4.49. The van der Waals surface area contributed by atoms with E-state index in [0.717, 1.165) is 48.8 Å². The van der Waals surface area contributed by atoms with Gasteiger partial charge in [0.25, 0.3) is 5.91 Å². The molecule has 1 amide bonds. The van der Waals surface area contributed by atoms with Gasteiger partial charge in [0.1, 0.15) is 5.75 Å². The largest absolute Gasteiger partial charge is 0.490 e. The number of pyridine rings is 1. The normalized spacial score (nSPS) is 19.9. The Hall–Kier alpha value is -2.59. The predicted octanol–water partition coefficient (Wildman–Crippen LogP) is 6.03. The predicted molar refractivity (Wildman–Crippen MR) is 121 cm³/mol. The van der Waals surface area contributed by atoms with Crippen molar-refractivity contribution >= 4 is 28.4 Å². The number of nitrogens with zero attached hydrogens (tertiary/aromatic N) is 1. The van der Waals surface area contributed by atoms with Gasteiger partial charge in [0.2, 0.25) is 0 Å². The fourth-order valence-electron chi connectivity index (χ4n) is 4.37. The molecule has 4 nitrogen and oxygen atoms in total. The van der Waals surface area contributed by atoms with E-state index in [4.69, 9.17) is 16.3 Å². The van der Waals surface area contributed by atoms with Gasteiger partial charge < -0.3 is 10.1 Å². The number of carbonyl (C=O) groups excluding carboxylic acids is 1. The van der Waals surface area contributed by atoms with Crippen molar-refractivity contribution in [3.05, 3.63) is 71.4 Å². The Balaban J connectivity index is 1.34. The van der Waals surface area contributed by atoms with Gasteiger partial charge in [-0.3, -0.25) is 9.78 Å². The molecule has 0 spiro atoms. The van der Waals surface area contributed by atoms with Crippen LogP contribution >= 0.6 is 11.6 Å². The van der Waals surface area contributed by atoms with Crippen LogP contribution in [0.5, 0.6) is 5.75 Å². The number of amides is 1. The highest BCUT2D eigenvalue weighted by atomic mass is 35.5. The van der Waals surface area contributed by atoms with Crippen LogP contribution in [0.2, 0.25) is 5.02 Å². The van der Waals surface area contributed by atoms with Crippen molar-refractivity contribution in [1.82, 2.24) is 10.3 Å². The van der Waals surface area contributed by atoms with Gasteiger partial charge in [0, 0.05) is 28.2 Å². The Bertz CT molecular complexity index is 992. The highest BCUT2D eigenvalue weighted by molar-refractivity contribution is 6.30. The molecule has 3 aromatic rings. The minimum absolute atomic E-state index is 0.0276. The van der Waals surface area contributed by atoms with Crippen molar-refractivity contribution in [3.8, 4) is 5.75 Å². The van der Waals surface area contributed by atoms with Crippen molar-refractivity contribution in [2.24, 2.45) is 5.92 Å². The molecule has 1 fully saturated rings. The monoisotopic (exact) mass is 422 g/mol. The average molecular weight is 423 g/mol. The van der Waals surface area contributed by atoms with Gasteiger partial charge in [-0.05, 0) is 80.5 Å². The molecule has 156 valence electrons. The molecule has 0 bridgehead atoms. The molecule has 1 aliphatic rings. The molecule has 1 saturated carbocycles. The lowest BCUT2D eigenvalue weighted by atomic mass is 9.81. The van der Waals surface area contributed by atoms with Crippen LogP contribution in [0, 0.1) is 5.92 Å². The maximum Gasteiger partial charge on any atom is 0.251 e. The van der Waals surface area contributed by atoms with Crippen LogP contribution in [0.1, 0.15) is 49.4 Å². The number of rotatable bonds is 6. The van der Waals surface area contributed by atoms with Crippen LogP contribution in [-0.4, -0.2) is 23.0 Å². The second kappa shape index (κ2) is 9.48. The number of aromatic nitrogens is 1. The van der Waals surface area contributed by atoms with E-state index in [2.05, 4.69) is 23.3 Å². The Labute approximate surface area is 182 Å². The fraction of sp³-hybridized carbons (Fsp3) is 0.360. The summed E-state index contributed by atoms with van der Waals surface area (Å²) >= 11 is 5.93. The standard InChI is InChI=1S/C25H27ClN2O2/c1-2-22(28-25(29)18-7-11-19(26)12-8-18)17-9-13-20(14-10-17)30-24-15-16-27-23-6-4-3-5-21(23)24/h3-8,11-12,15-17,20,22H,2,9-10,13-14H2,1H3,(H,28,29)/t17-,20-,22?. The van der Waals surface area contributed by atoms with Crippen molar-refractivity contribution in [2.75, 3.05) is 0 Å². The van der Waals surface area contributed by atoms with E-state index in [-0.39, 0.29) is 18.1 Å². The third kappa shape index (κ3) is 4.76. The zero-order valence-corrected chi connectivity index (χ0v) is 17.9. The summed E-state index contributed by atoms with van der Waals surface area (Å²) in [7, 11) is 0. The van der Waals surface area contributed by atoms with Crippen LogP contribution in [0.25, 0.3) is 10.9 Å². The molecule has 0 radical (unpaired) electrons. The molecule has 1 aliphatic carbocycles. The summed E-state index contributed by atoms with van der Waals surface area (Å²) in [5.74, 6) is 1.35. The molecule has 4 rings (SSSR count). The lowest BCUT2D eigenvalue weighted by Crippen LogP contribution is -2.42. The van der Waals surface area contributed by atoms with Crippen LogP contribution in [0.15, 0.2) is 60.8 Å². The van der Waals surface area contributed by atoms with Gasteiger partial charge in [0.15, 0.2) is 0 Å². The number of halogens is 1. The third-order valence-corrected chi connectivity index (χ3v) is 6.31. The van der Waals surface area contributed by atoms with E-state index in [1.54, 1.807) is 24.3 Å². The first-order valence-corrected chi connectivity index (χ1v) is 11.1. The van der Waals surface area contributed by atoms with E-state index in [1.165, 1.54) is 0 Å². The number of hydrogen-bond donors (Lipinski definition) is 1. The summed E-state index contributed by atoms with van der Waals surface area (Å²) < 4.78 is 6.35. The second-order valence-electron chi connectivity index (χ2n) is 7.98. The molecule has 0 saturated heterocycles. The highest BCUT2D eigenvalue weighted by Gasteiger charge is 2.29. The van der Waals surface area contributed by atoms with Gasteiger partial charge in [-0.25, -0.2) is 0 Å². The molecule has 5 heteroatoms. The number of fused-ring (bicyclic) bond motifs is 1. The van der Waals surface area contributed by atoms with E-state index in [0.29, 0.717) is 16.5 Å². The molecule has 1 heterocycles. The topological polar surface area (TPSA) is 51.2 Å². The van der Waals surface area contributed by atoms with E-state index in [9.17, 15) is 4.79 Å². The molecule has 2 aromatic carbocycles. The van der Waals surface area contributed by atoms with Gasteiger partial charge in [-0.15, -0.1) is 0 Å². The van der Waals surface area contributed by atoms with Crippen molar-refractivity contribution in [1.29, 1.82) is 0 Å². The van der Waals surface area contributed by atoms with Gasteiger partial charge in [0.05, 0.1) is 11.6 Å². The molecule has 1 N–H and O–H groups in total. The number of carbonyl (C=O) groups is 1. The number of hydrogen-bond acceptors (Lipinski definition) is 3.